The van der Waals surface area contributed by atoms with Crippen LogP contribution in [0.2, 0.25) is 0 Å². The fourth-order valence-corrected chi connectivity index (χ4v) is 2.02. The van der Waals surface area contributed by atoms with E-state index in [1.807, 2.05) is 0 Å². The number of amides is 1. The highest BCUT2D eigenvalue weighted by molar-refractivity contribution is 5.96. The van der Waals surface area contributed by atoms with Gasteiger partial charge in [-0.1, -0.05) is 23.4 Å². The smallest absolute Gasteiger partial charge is 0.351 e. The van der Waals surface area contributed by atoms with Crippen LogP contribution in [-0.4, -0.2) is 23.6 Å². The van der Waals surface area contributed by atoms with Crippen molar-refractivity contribution in [2.75, 3.05) is 11.9 Å². The number of para-hydroxylation sites is 1. The summed E-state index contributed by atoms with van der Waals surface area (Å²) in [5, 5.41) is 6.54. The maximum Gasteiger partial charge on any atom is 0.351 e. The van der Waals surface area contributed by atoms with Crippen LogP contribution >= 0.6 is 0 Å². The van der Waals surface area contributed by atoms with Crippen LogP contribution < -0.4 is 10.9 Å². The number of rotatable bonds is 4. The number of carbonyl (C=O) groups is 2. The number of benzene rings is 1. The van der Waals surface area contributed by atoms with Gasteiger partial charge in [-0.05, 0) is 19.1 Å². The Bertz CT molecular complexity index is 972. The fraction of sp³-hybridized carbons (Fsp3) is 0.125. The number of esters is 1. The summed E-state index contributed by atoms with van der Waals surface area (Å²) in [6, 6.07) is 9.62. The molecular formula is C16H12N2O6. The zero-order chi connectivity index (χ0) is 17.1. The predicted molar refractivity (Wildman–Crippen MR) is 82.6 cm³/mol. The zero-order valence-corrected chi connectivity index (χ0v) is 12.6. The van der Waals surface area contributed by atoms with Gasteiger partial charge in [0.2, 0.25) is 0 Å². The maximum absolute atomic E-state index is 12.0. The molecule has 0 saturated heterocycles. The molecule has 0 aliphatic heterocycles. The van der Waals surface area contributed by atoms with Gasteiger partial charge >= 0.3 is 11.6 Å². The molecule has 0 fully saturated rings. The van der Waals surface area contributed by atoms with Gasteiger partial charge < -0.3 is 19.0 Å². The van der Waals surface area contributed by atoms with Crippen molar-refractivity contribution in [1.82, 2.24) is 5.16 Å². The second-order valence-electron chi connectivity index (χ2n) is 4.93. The van der Waals surface area contributed by atoms with E-state index in [-0.39, 0.29) is 11.4 Å². The van der Waals surface area contributed by atoms with Crippen LogP contribution in [0.1, 0.15) is 16.1 Å². The number of aryl methyl sites for hydroxylation is 1. The van der Waals surface area contributed by atoms with Crippen LogP contribution in [0.3, 0.4) is 0 Å². The number of nitrogens with one attached hydrogen (secondary N) is 1. The van der Waals surface area contributed by atoms with Crippen molar-refractivity contribution in [1.29, 1.82) is 0 Å². The molecule has 8 heteroatoms. The Morgan fingerprint density at radius 1 is 1.25 bits per heavy atom. The van der Waals surface area contributed by atoms with Gasteiger partial charge in [-0.15, -0.1) is 0 Å². The Hall–Kier alpha value is -3.42. The molecule has 24 heavy (non-hydrogen) atoms. The molecule has 2 aromatic heterocycles. The first kappa shape index (κ1) is 15.5. The van der Waals surface area contributed by atoms with Gasteiger partial charge in [0, 0.05) is 11.5 Å². The number of nitrogens with zero attached hydrogens (tertiary/aromatic N) is 1. The summed E-state index contributed by atoms with van der Waals surface area (Å²) in [7, 11) is 0. The number of aromatic nitrogens is 1. The van der Waals surface area contributed by atoms with Gasteiger partial charge in [0.25, 0.3) is 5.91 Å². The molecule has 3 rings (SSSR count). The molecule has 0 spiro atoms. The van der Waals surface area contributed by atoms with E-state index in [2.05, 4.69) is 10.5 Å². The molecule has 0 bridgehead atoms. The Morgan fingerprint density at radius 3 is 2.79 bits per heavy atom. The summed E-state index contributed by atoms with van der Waals surface area (Å²) in [4.78, 5) is 35.5. The van der Waals surface area contributed by atoms with Crippen LogP contribution in [0.25, 0.3) is 11.0 Å². The average Bonchev–Trinajstić information content (AvgIpc) is 2.96. The van der Waals surface area contributed by atoms with Gasteiger partial charge in [0.15, 0.2) is 12.4 Å². The lowest BCUT2D eigenvalue weighted by Gasteiger charge is -2.04. The Labute approximate surface area is 135 Å². The molecule has 3 aromatic rings. The van der Waals surface area contributed by atoms with Gasteiger partial charge in [-0.25, -0.2) is 9.59 Å². The first-order chi connectivity index (χ1) is 11.5. The van der Waals surface area contributed by atoms with E-state index in [4.69, 9.17) is 13.7 Å². The van der Waals surface area contributed by atoms with E-state index in [1.54, 1.807) is 31.2 Å². The van der Waals surface area contributed by atoms with Crippen molar-refractivity contribution < 1.29 is 23.3 Å². The van der Waals surface area contributed by atoms with E-state index in [1.165, 1.54) is 12.1 Å². The normalized spacial score (nSPS) is 10.5. The summed E-state index contributed by atoms with van der Waals surface area (Å²) >= 11 is 0. The Kier molecular flexibility index (Phi) is 4.11. The Morgan fingerprint density at radius 2 is 2.04 bits per heavy atom. The third-order valence-electron chi connectivity index (χ3n) is 3.09. The monoisotopic (exact) mass is 328 g/mol. The molecular weight excluding hydrogens is 316 g/mol. The van der Waals surface area contributed by atoms with Crippen molar-refractivity contribution in [2.24, 2.45) is 0 Å². The molecule has 1 aromatic carbocycles. The third-order valence-corrected chi connectivity index (χ3v) is 3.09. The van der Waals surface area contributed by atoms with Crippen LogP contribution in [0.5, 0.6) is 0 Å². The molecule has 0 atom stereocenters. The Balaban J connectivity index is 1.67. The molecule has 0 aliphatic carbocycles. The summed E-state index contributed by atoms with van der Waals surface area (Å²) < 4.78 is 14.7. The predicted octanol–water partition coefficient (Wildman–Crippen LogP) is 1.88. The summed E-state index contributed by atoms with van der Waals surface area (Å²) in [5.41, 5.74) is -0.747. The fourth-order valence-electron chi connectivity index (χ4n) is 2.02. The first-order valence-corrected chi connectivity index (χ1v) is 6.96. The second kappa shape index (κ2) is 6.37. The van der Waals surface area contributed by atoms with Crippen molar-refractivity contribution in [3.63, 3.8) is 0 Å². The van der Waals surface area contributed by atoms with Crippen LogP contribution in [0, 0.1) is 6.92 Å². The summed E-state index contributed by atoms with van der Waals surface area (Å²) in [6.45, 7) is 1.10. The van der Waals surface area contributed by atoms with Gasteiger partial charge in [-0.3, -0.25) is 4.79 Å². The highest BCUT2D eigenvalue weighted by atomic mass is 16.5. The minimum atomic E-state index is -0.944. The van der Waals surface area contributed by atoms with E-state index in [9.17, 15) is 14.4 Å². The number of carbonyl (C=O) groups excluding carboxylic acids is 2. The molecule has 0 saturated carbocycles. The van der Waals surface area contributed by atoms with E-state index >= 15 is 0 Å². The van der Waals surface area contributed by atoms with Gasteiger partial charge in [0.05, 0.1) is 0 Å². The number of fused-ring (bicyclic) bond motifs is 1. The molecule has 0 unspecified atom stereocenters. The number of hydrogen-bond donors (Lipinski definition) is 1. The summed E-state index contributed by atoms with van der Waals surface area (Å²) in [6.07, 6.45) is 0. The molecule has 2 heterocycles. The molecule has 1 N–H and O–H groups in total. The quantitative estimate of drug-likeness (QED) is 0.575. The molecule has 0 aliphatic rings. The molecule has 122 valence electrons. The van der Waals surface area contributed by atoms with Crippen molar-refractivity contribution >= 4 is 28.7 Å². The summed E-state index contributed by atoms with van der Waals surface area (Å²) in [5.74, 6) is -0.822. The minimum absolute atomic E-state index is 0.207. The molecule has 8 nitrogen and oxygen atoms in total. The van der Waals surface area contributed by atoms with Gasteiger partial charge in [0.1, 0.15) is 16.9 Å². The van der Waals surface area contributed by atoms with Crippen molar-refractivity contribution in [3.8, 4) is 0 Å². The lowest BCUT2D eigenvalue weighted by molar-refractivity contribution is -0.119. The van der Waals surface area contributed by atoms with Crippen molar-refractivity contribution in [2.45, 2.75) is 6.92 Å². The highest BCUT2D eigenvalue weighted by Crippen LogP contribution is 2.13. The lowest BCUT2D eigenvalue weighted by atomic mass is 10.2. The standard InChI is InChI=1S/C16H12N2O6/c1-9-6-13(18-24-9)17-14(19)8-22-15(20)11-7-10-4-2-3-5-12(10)23-16(11)21/h2-7H,8H2,1H3,(H,17,18,19). The van der Waals surface area contributed by atoms with Gasteiger partial charge in [-0.2, -0.15) is 0 Å². The maximum atomic E-state index is 12.0. The lowest BCUT2D eigenvalue weighted by Crippen LogP contribution is -2.23. The topological polar surface area (TPSA) is 112 Å². The van der Waals surface area contributed by atoms with E-state index in [0.717, 1.165) is 0 Å². The van der Waals surface area contributed by atoms with Crippen molar-refractivity contribution in [3.05, 3.63) is 58.1 Å². The largest absolute Gasteiger partial charge is 0.452 e. The number of hydrogen-bond acceptors (Lipinski definition) is 7. The van der Waals surface area contributed by atoms with Crippen LogP contribution in [0.15, 0.2) is 50.1 Å². The van der Waals surface area contributed by atoms with E-state index in [0.29, 0.717) is 16.7 Å². The SMILES string of the molecule is Cc1cc(NC(=O)COC(=O)c2cc3ccccc3oc2=O)no1. The highest BCUT2D eigenvalue weighted by Gasteiger charge is 2.17. The molecule has 1 amide bonds. The van der Waals surface area contributed by atoms with Crippen LogP contribution in [-0.2, 0) is 9.53 Å². The third kappa shape index (κ3) is 3.32. The minimum Gasteiger partial charge on any atom is -0.452 e. The molecule has 0 radical (unpaired) electrons. The van der Waals surface area contributed by atoms with Crippen LogP contribution in [0.4, 0.5) is 5.82 Å². The second-order valence-corrected chi connectivity index (χ2v) is 4.93. The number of anilines is 1. The zero-order valence-electron chi connectivity index (χ0n) is 12.6. The average molecular weight is 328 g/mol. The number of ether oxygens (including phenoxy) is 1. The first-order valence-electron chi connectivity index (χ1n) is 6.96. The van der Waals surface area contributed by atoms with E-state index < -0.39 is 24.1 Å².